The third-order valence-corrected chi connectivity index (χ3v) is 4.17. The maximum absolute atomic E-state index is 11.8. The molecule has 0 bridgehead atoms. The number of amides is 1. The fourth-order valence-electron chi connectivity index (χ4n) is 1.76. The number of nitrogens with one attached hydrogen (secondary N) is 1. The Balaban J connectivity index is 2.59. The Kier molecular flexibility index (Phi) is 6.06. The summed E-state index contributed by atoms with van der Waals surface area (Å²) in [5.41, 5.74) is 0. The van der Waals surface area contributed by atoms with E-state index in [2.05, 4.69) is 10.4 Å². The predicted molar refractivity (Wildman–Crippen MR) is 77.2 cm³/mol. The largest absolute Gasteiger partial charge is 0.480 e. The number of aliphatic carboxylic acids is 1. The lowest BCUT2D eigenvalue weighted by atomic mass is 9.99. The number of carboxylic acids is 1. The summed E-state index contributed by atoms with van der Waals surface area (Å²) in [6.07, 6.45) is 2.90. The van der Waals surface area contributed by atoms with Gasteiger partial charge in [-0.15, -0.1) is 0 Å². The van der Waals surface area contributed by atoms with Crippen molar-refractivity contribution in [2.45, 2.75) is 44.2 Å². The molecule has 0 aliphatic heterocycles. The maximum Gasteiger partial charge on any atom is 0.326 e. The molecule has 1 aromatic heterocycles. The number of aryl methyl sites for hydroxylation is 1. The molecule has 1 rings (SSSR count). The Morgan fingerprint density at radius 3 is 2.59 bits per heavy atom. The van der Waals surface area contributed by atoms with Crippen LogP contribution in [0.2, 0.25) is 0 Å². The van der Waals surface area contributed by atoms with Gasteiger partial charge in [0.15, 0.2) is 0 Å². The Hall–Kier alpha value is -1.94. The highest BCUT2D eigenvalue weighted by atomic mass is 32.2. The zero-order valence-electron chi connectivity index (χ0n) is 12.4. The van der Waals surface area contributed by atoms with Crippen molar-refractivity contribution >= 4 is 21.9 Å². The highest BCUT2D eigenvalue weighted by Gasteiger charge is 2.25. The number of rotatable bonds is 8. The van der Waals surface area contributed by atoms with Crippen LogP contribution in [0.4, 0.5) is 0 Å². The number of sulfonamides is 1. The van der Waals surface area contributed by atoms with Gasteiger partial charge in [-0.05, 0) is 5.92 Å². The zero-order valence-corrected chi connectivity index (χ0v) is 13.2. The summed E-state index contributed by atoms with van der Waals surface area (Å²) in [6, 6.07) is -0.949. The van der Waals surface area contributed by atoms with Crippen LogP contribution in [0.15, 0.2) is 17.3 Å². The number of carboxylic acid groups (broad SMARTS) is 1. The van der Waals surface area contributed by atoms with Gasteiger partial charge in [-0.2, -0.15) is 5.10 Å². The first-order valence-electron chi connectivity index (χ1n) is 6.72. The van der Waals surface area contributed by atoms with Gasteiger partial charge in [0.1, 0.15) is 10.9 Å². The fourth-order valence-corrected chi connectivity index (χ4v) is 2.22. The standard InChI is InChI=1S/C12H20N4O5S/c1-3-8(2)11(12(18)19)15-10(17)4-5-16-7-9(6-14-16)22(13,20)21/h6-8,11H,3-5H2,1-2H3,(H,15,17)(H,18,19)(H2,13,20,21)/t8-,11-/m0/s1. The van der Waals surface area contributed by atoms with Gasteiger partial charge < -0.3 is 10.4 Å². The van der Waals surface area contributed by atoms with Crippen LogP contribution in [-0.4, -0.2) is 41.2 Å². The average molecular weight is 332 g/mol. The molecule has 124 valence electrons. The number of hydrogen-bond donors (Lipinski definition) is 3. The zero-order chi connectivity index (χ0) is 16.9. The summed E-state index contributed by atoms with van der Waals surface area (Å²) in [5.74, 6) is -1.72. The molecular weight excluding hydrogens is 312 g/mol. The molecule has 0 radical (unpaired) electrons. The fraction of sp³-hybridized carbons (Fsp3) is 0.583. The van der Waals surface area contributed by atoms with Crippen molar-refractivity contribution in [2.24, 2.45) is 11.1 Å². The minimum Gasteiger partial charge on any atom is -0.480 e. The van der Waals surface area contributed by atoms with Crippen molar-refractivity contribution in [3.05, 3.63) is 12.4 Å². The van der Waals surface area contributed by atoms with E-state index in [-0.39, 0.29) is 23.8 Å². The van der Waals surface area contributed by atoms with E-state index in [0.717, 1.165) is 6.20 Å². The molecule has 4 N–H and O–H groups in total. The summed E-state index contributed by atoms with van der Waals surface area (Å²) >= 11 is 0. The molecule has 0 saturated carbocycles. The molecular formula is C12H20N4O5S. The van der Waals surface area contributed by atoms with E-state index < -0.39 is 27.9 Å². The smallest absolute Gasteiger partial charge is 0.326 e. The summed E-state index contributed by atoms with van der Waals surface area (Å²) in [4.78, 5) is 22.8. The van der Waals surface area contributed by atoms with Gasteiger partial charge in [-0.1, -0.05) is 20.3 Å². The third kappa shape index (κ3) is 5.11. The van der Waals surface area contributed by atoms with E-state index in [4.69, 9.17) is 10.2 Å². The lowest BCUT2D eigenvalue weighted by molar-refractivity contribution is -0.143. The topological polar surface area (TPSA) is 144 Å². The minimum absolute atomic E-state index is 0.0219. The number of hydrogen-bond acceptors (Lipinski definition) is 5. The average Bonchev–Trinajstić information content (AvgIpc) is 2.90. The van der Waals surface area contributed by atoms with Crippen molar-refractivity contribution < 1.29 is 23.1 Å². The van der Waals surface area contributed by atoms with Crippen LogP contribution >= 0.6 is 0 Å². The van der Waals surface area contributed by atoms with Gasteiger partial charge >= 0.3 is 5.97 Å². The van der Waals surface area contributed by atoms with Crippen LogP contribution in [0.3, 0.4) is 0 Å². The SMILES string of the molecule is CC[C@H](C)[C@H](NC(=O)CCn1cc(S(N)(=O)=O)cn1)C(=O)O. The van der Waals surface area contributed by atoms with E-state index in [0.29, 0.717) is 6.42 Å². The quantitative estimate of drug-likeness (QED) is 0.587. The molecule has 1 amide bonds. The van der Waals surface area contributed by atoms with Crippen LogP contribution in [0.25, 0.3) is 0 Å². The van der Waals surface area contributed by atoms with Crippen LogP contribution < -0.4 is 10.5 Å². The number of nitrogens with zero attached hydrogens (tertiary/aromatic N) is 2. The third-order valence-electron chi connectivity index (χ3n) is 3.30. The van der Waals surface area contributed by atoms with Gasteiger partial charge in [0.25, 0.3) is 0 Å². The summed E-state index contributed by atoms with van der Waals surface area (Å²) in [7, 11) is -3.83. The van der Waals surface area contributed by atoms with Gasteiger partial charge in [0, 0.05) is 19.2 Å². The van der Waals surface area contributed by atoms with Crippen molar-refractivity contribution in [1.82, 2.24) is 15.1 Å². The van der Waals surface area contributed by atoms with Crippen molar-refractivity contribution in [1.29, 1.82) is 0 Å². The molecule has 0 fully saturated rings. The molecule has 1 heterocycles. The first-order valence-corrected chi connectivity index (χ1v) is 8.27. The Labute approximate surface area is 128 Å². The Bertz CT molecular complexity index is 640. The molecule has 0 unspecified atom stereocenters. The molecule has 0 aromatic carbocycles. The number of carbonyl (C=O) groups excluding carboxylic acids is 1. The number of aromatic nitrogens is 2. The minimum atomic E-state index is -3.83. The lowest BCUT2D eigenvalue weighted by Crippen LogP contribution is -2.45. The molecule has 2 atom stereocenters. The van der Waals surface area contributed by atoms with E-state index in [9.17, 15) is 18.0 Å². The van der Waals surface area contributed by atoms with Crippen LogP contribution in [0, 0.1) is 5.92 Å². The molecule has 0 saturated heterocycles. The van der Waals surface area contributed by atoms with E-state index in [1.807, 2.05) is 6.92 Å². The normalized spacial score (nSPS) is 14.3. The van der Waals surface area contributed by atoms with Crippen LogP contribution in [0.5, 0.6) is 0 Å². The number of carbonyl (C=O) groups is 2. The van der Waals surface area contributed by atoms with Crippen LogP contribution in [-0.2, 0) is 26.2 Å². The van der Waals surface area contributed by atoms with Crippen molar-refractivity contribution in [2.75, 3.05) is 0 Å². The molecule has 22 heavy (non-hydrogen) atoms. The van der Waals surface area contributed by atoms with E-state index in [1.165, 1.54) is 10.9 Å². The first kappa shape index (κ1) is 18.1. The number of nitrogens with two attached hydrogens (primary N) is 1. The highest BCUT2D eigenvalue weighted by molar-refractivity contribution is 7.89. The van der Waals surface area contributed by atoms with E-state index >= 15 is 0 Å². The second-order valence-electron chi connectivity index (χ2n) is 5.00. The van der Waals surface area contributed by atoms with Gasteiger partial charge in [0.05, 0.1) is 6.20 Å². The van der Waals surface area contributed by atoms with Crippen LogP contribution in [0.1, 0.15) is 26.7 Å². The molecule has 10 heteroatoms. The molecule has 9 nitrogen and oxygen atoms in total. The van der Waals surface area contributed by atoms with E-state index in [1.54, 1.807) is 6.92 Å². The summed E-state index contributed by atoms with van der Waals surface area (Å²) in [5, 5.41) is 20.3. The molecule has 1 aromatic rings. The summed E-state index contributed by atoms with van der Waals surface area (Å²) < 4.78 is 23.4. The Morgan fingerprint density at radius 1 is 1.50 bits per heavy atom. The van der Waals surface area contributed by atoms with Crippen molar-refractivity contribution in [3.63, 3.8) is 0 Å². The maximum atomic E-state index is 11.8. The Morgan fingerprint density at radius 2 is 2.14 bits per heavy atom. The molecule has 0 aliphatic carbocycles. The molecule has 0 spiro atoms. The highest BCUT2D eigenvalue weighted by Crippen LogP contribution is 2.09. The van der Waals surface area contributed by atoms with Gasteiger partial charge in [-0.3, -0.25) is 9.48 Å². The second-order valence-corrected chi connectivity index (χ2v) is 6.56. The summed E-state index contributed by atoms with van der Waals surface area (Å²) in [6.45, 7) is 3.70. The van der Waals surface area contributed by atoms with Crippen molar-refractivity contribution in [3.8, 4) is 0 Å². The predicted octanol–water partition coefficient (Wildman–Crippen LogP) is -0.464. The molecule has 0 aliphatic rings. The first-order chi connectivity index (χ1) is 10.1. The monoisotopic (exact) mass is 332 g/mol. The number of primary sulfonamides is 1. The van der Waals surface area contributed by atoms with Gasteiger partial charge in [0.2, 0.25) is 15.9 Å². The lowest BCUT2D eigenvalue weighted by Gasteiger charge is -2.20. The second kappa shape index (κ2) is 7.36. The van der Waals surface area contributed by atoms with Gasteiger partial charge in [-0.25, -0.2) is 18.4 Å².